The van der Waals surface area contributed by atoms with Crippen molar-refractivity contribution in [2.24, 2.45) is 14.1 Å². The Morgan fingerprint density at radius 1 is 1.09 bits per heavy atom. The van der Waals surface area contributed by atoms with Gasteiger partial charge in [-0.3, -0.25) is 18.7 Å². The van der Waals surface area contributed by atoms with E-state index in [1.165, 1.54) is 71.5 Å². The highest BCUT2D eigenvalue weighted by molar-refractivity contribution is 7.14. The van der Waals surface area contributed by atoms with E-state index in [9.17, 15) is 14.4 Å². The van der Waals surface area contributed by atoms with Gasteiger partial charge in [-0.2, -0.15) is 0 Å². The molecule has 176 valence electrons. The highest BCUT2D eigenvalue weighted by atomic mass is 32.1. The van der Waals surface area contributed by atoms with E-state index < -0.39 is 11.2 Å². The fourth-order valence-electron chi connectivity index (χ4n) is 4.66. The van der Waals surface area contributed by atoms with E-state index in [0.717, 1.165) is 15.8 Å². The maximum Gasteiger partial charge on any atom is 0.332 e. The first-order chi connectivity index (χ1) is 16.4. The third-order valence-electron chi connectivity index (χ3n) is 6.56. The smallest absolute Gasteiger partial charge is 0.315 e. The van der Waals surface area contributed by atoms with Gasteiger partial charge in [-0.1, -0.05) is 43.5 Å². The van der Waals surface area contributed by atoms with E-state index in [1.54, 1.807) is 7.05 Å². The molecule has 0 aliphatic heterocycles. The van der Waals surface area contributed by atoms with Gasteiger partial charge in [0.2, 0.25) is 5.91 Å². The molecule has 0 bridgehead atoms. The van der Waals surface area contributed by atoms with Crippen LogP contribution in [0.15, 0.2) is 45.6 Å². The number of imidazole rings is 1. The number of carbonyl (C=O) groups excluding carboxylic acids is 1. The first-order valence-corrected chi connectivity index (χ1v) is 12.3. The standard InChI is InChI=1S/C24H26N6O3S/c1-28-21-20(22(32)29(2)24(28)33)30(14-25-21)12-19(31)27-23-26-18(13-34-23)17-10-8-16(9-11-17)15-6-4-3-5-7-15/h8-11,13-15H,3-7,12H2,1-2H3,(H,26,27,31). The average molecular weight is 479 g/mol. The van der Waals surface area contributed by atoms with Gasteiger partial charge in [0.15, 0.2) is 16.3 Å². The van der Waals surface area contributed by atoms with E-state index in [1.807, 2.05) is 5.38 Å². The second-order valence-corrected chi connectivity index (χ2v) is 9.65. The molecule has 0 saturated heterocycles. The van der Waals surface area contributed by atoms with Crippen molar-refractivity contribution in [1.29, 1.82) is 0 Å². The molecule has 1 N–H and O–H groups in total. The van der Waals surface area contributed by atoms with Gasteiger partial charge < -0.3 is 9.88 Å². The van der Waals surface area contributed by atoms with Crippen molar-refractivity contribution in [1.82, 2.24) is 23.7 Å². The second kappa shape index (κ2) is 9.02. The first kappa shape index (κ1) is 22.3. The zero-order chi connectivity index (χ0) is 23.8. The van der Waals surface area contributed by atoms with Crippen molar-refractivity contribution in [2.75, 3.05) is 5.32 Å². The molecule has 1 aliphatic carbocycles. The van der Waals surface area contributed by atoms with Crippen LogP contribution in [0, 0.1) is 0 Å². The number of aryl methyl sites for hydroxylation is 1. The summed E-state index contributed by atoms with van der Waals surface area (Å²) < 4.78 is 3.74. The Morgan fingerprint density at radius 2 is 1.82 bits per heavy atom. The topological polar surface area (TPSA) is 104 Å². The summed E-state index contributed by atoms with van der Waals surface area (Å²) in [7, 11) is 2.95. The summed E-state index contributed by atoms with van der Waals surface area (Å²) in [6, 6.07) is 8.59. The molecule has 1 aliphatic rings. The Labute approximate surface area is 199 Å². The van der Waals surface area contributed by atoms with Crippen LogP contribution in [0.4, 0.5) is 5.13 Å². The summed E-state index contributed by atoms with van der Waals surface area (Å²) in [5.74, 6) is 0.329. The average Bonchev–Trinajstić information content (AvgIpc) is 3.49. The number of amides is 1. The molecule has 0 radical (unpaired) electrons. The van der Waals surface area contributed by atoms with E-state index in [2.05, 4.69) is 39.6 Å². The molecule has 1 saturated carbocycles. The van der Waals surface area contributed by atoms with Gasteiger partial charge >= 0.3 is 5.69 Å². The van der Waals surface area contributed by atoms with Crippen LogP contribution < -0.4 is 16.6 Å². The summed E-state index contributed by atoms with van der Waals surface area (Å²) in [6.45, 7) is -0.116. The third-order valence-corrected chi connectivity index (χ3v) is 7.32. The van der Waals surface area contributed by atoms with Crippen LogP contribution in [0.3, 0.4) is 0 Å². The molecule has 9 nitrogen and oxygen atoms in total. The quantitative estimate of drug-likeness (QED) is 0.474. The molecule has 5 rings (SSSR count). The molecule has 34 heavy (non-hydrogen) atoms. The molecule has 10 heteroatoms. The van der Waals surface area contributed by atoms with Crippen LogP contribution >= 0.6 is 11.3 Å². The fourth-order valence-corrected chi connectivity index (χ4v) is 5.39. The molecular weight excluding hydrogens is 452 g/mol. The molecule has 3 aromatic heterocycles. The summed E-state index contributed by atoms with van der Waals surface area (Å²) in [5, 5.41) is 5.21. The lowest BCUT2D eigenvalue weighted by Crippen LogP contribution is -2.37. The number of carbonyl (C=O) groups is 1. The number of benzene rings is 1. The highest BCUT2D eigenvalue weighted by Gasteiger charge is 2.18. The van der Waals surface area contributed by atoms with Crippen LogP contribution in [0.2, 0.25) is 0 Å². The zero-order valence-corrected chi connectivity index (χ0v) is 20.0. The van der Waals surface area contributed by atoms with Crippen LogP contribution in [0.1, 0.15) is 43.6 Å². The number of hydrogen-bond acceptors (Lipinski definition) is 6. The van der Waals surface area contributed by atoms with E-state index in [0.29, 0.717) is 11.0 Å². The molecule has 0 atom stereocenters. The van der Waals surface area contributed by atoms with Crippen LogP contribution in [0.5, 0.6) is 0 Å². The molecule has 4 aromatic rings. The number of fused-ring (bicyclic) bond motifs is 1. The first-order valence-electron chi connectivity index (χ1n) is 11.4. The number of aromatic nitrogens is 5. The Hall–Kier alpha value is -3.53. The lowest BCUT2D eigenvalue weighted by atomic mass is 9.84. The summed E-state index contributed by atoms with van der Waals surface area (Å²) >= 11 is 1.35. The number of thiazole rings is 1. The van der Waals surface area contributed by atoms with Gasteiger partial charge in [0.1, 0.15) is 6.54 Å². The minimum Gasteiger partial charge on any atom is -0.315 e. The number of anilines is 1. The van der Waals surface area contributed by atoms with Gasteiger partial charge in [-0.05, 0) is 24.3 Å². The van der Waals surface area contributed by atoms with Crippen molar-refractivity contribution in [3.8, 4) is 11.3 Å². The summed E-state index contributed by atoms with van der Waals surface area (Å²) in [6.07, 6.45) is 7.88. The van der Waals surface area contributed by atoms with Crippen molar-refractivity contribution >= 4 is 33.5 Å². The lowest BCUT2D eigenvalue weighted by Gasteiger charge is -2.22. The maximum atomic E-state index is 12.7. The van der Waals surface area contributed by atoms with Crippen LogP contribution in [-0.2, 0) is 25.4 Å². The SMILES string of the molecule is Cn1c(=O)c2c(ncn2CC(=O)Nc2nc(-c3ccc(C4CCCCC4)cc3)cs2)n(C)c1=O. The van der Waals surface area contributed by atoms with Crippen molar-refractivity contribution < 1.29 is 4.79 Å². The zero-order valence-electron chi connectivity index (χ0n) is 19.2. The highest BCUT2D eigenvalue weighted by Crippen LogP contribution is 2.34. The normalized spacial score (nSPS) is 14.5. The van der Waals surface area contributed by atoms with Gasteiger partial charge in [0.05, 0.1) is 12.0 Å². The molecule has 1 amide bonds. The molecule has 0 unspecified atom stereocenters. The number of rotatable bonds is 5. The largest absolute Gasteiger partial charge is 0.332 e. The van der Waals surface area contributed by atoms with Crippen molar-refractivity contribution in [3.63, 3.8) is 0 Å². The maximum absolute atomic E-state index is 12.7. The molecule has 3 heterocycles. The Morgan fingerprint density at radius 3 is 2.56 bits per heavy atom. The number of nitrogens with zero attached hydrogens (tertiary/aromatic N) is 5. The van der Waals surface area contributed by atoms with E-state index >= 15 is 0 Å². The molecule has 1 aromatic carbocycles. The number of nitrogens with one attached hydrogen (secondary N) is 1. The molecule has 1 fully saturated rings. The second-order valence-electron chi connectivity index (χ2n) is 8.79. The Balaban J connectivity index is 1.29. The van der Waals surface area contributed by atoms with E-state index in [4.69, 9.17) is 0 Å². The Kier molecular flexibility index (Phi) is 5.91. The van der Waals surface area contributed by atoms with Gasteiger partial charge in [-0.15, -0.1) is 11.3 Å². The summed E-state index contributed by atoms with van der Waals surface area (Å²) in [4.78, 5) is 46.0. The van der Waals surface area contributed by atoms with Gasteiger partial charge in [0.25, 0.3) is 5.56 Å². The minimum absolute atomic E-state index is 0.116. The van der Waals surface area contributed by atoms with Crippen LogP contribution in [0.25, 0.3) is 22.4 Å². The molecular formula is C24H26N6O3S. The van der Waals surface area contributed by atoms with Crippen molar-refractivity contribution in [2.45, 2.75) is 44.6 Å². The summed E-state index contributed by atoms with van der Waals surface area (Å²) in [5.41, 5.74) is 2.72. The van der Waals surface area contributed by atoms with E-state index in [-0.39, 0.29) is 23.6 Å². The number of hydrogen-bond donors (Lipinski definition) is 1. The third kappa shape index (κ3) is 4.09. The predicted octanol–water partition coefficient (Wildman–Crippen LogP) is 3.24. The van der Waals surface area contributed by atoms with Crippen LogP contribution in [-0.4, -0.2) is 29.6 Å². The van der Waals surface area contributed by atoms with Gasteiger partial charge in [-0.25, -0.2) is 14.8 Å². The fraction of sp³-hybridized carbons (Fsp3) is 0.375. The van der Waals surface area contributed by atoms with Crippen molar-refractivity contribution in [3.05, 3.63) is 62.4 Å². The Bertz CT molecular complexity index is 1470. The molecule has 0 spiro atoms. The van der Waals surface area contributed by atoms with Gasteiger partial charge in [0, 0.05) is 25.0 Å². The predicted molar refractivity (Wildman–Crippen MR) is 132 cm³/mol. The monoisotopic (exact) mass is 478 g/mol. The lowest BCUT2D eigenvalue weighted by molar-refractivity contribution is -0.116. The minimum atomic E-state index is -0.489.